The van der Waals surface area contributed by atoms with E-state index in [1.165, 1.54) is 0 Å². The molecule has 4 aromatic heterocycles. The van der Waals surface area contributed by atoms with Crippen molar-refractivity contribution in [1.82, 2.24) is 23.9 Å². The van der Waals surface area contributed by atoms with Gasteiger partial charge in [-0.05, 0) is 119 Å². The predicted molar refractivity (Wildman–Crippen MR) is 262 cm³/mol. The Morgan fingerprint density at radius 1 is 0.938 bits per heavy atom. The highest BCUT2D eigenvalue weighted by molar-refractivity contribution is 6.76. The number of methoxy groups -OCH3 is 1. The van der Waals surface area contributed by atoms with Gasteiger partial charge in [0.05, 0.1) is 53.4 Å². The molecule has 7 aromatic rings. The Kier molecular flexibility index (Phi) is 13.0. The number of halogens is 2. The maximum absolute atomic E-state index is 15.6. The number of carbonyl (C=O) groups excluding carboxylic acids is 1. The van der Waals surface area contributed by atoms with Crippen molar-refractivity contribution < 1.29 is 28.9 Å². The second-order valence-electron chi connectivity index (χ2n) is 18.3. The van der Waals surface area contributed by atoms with Crippen molar-refractivity contribution in [2.75, 3.05) is 31.8 Å². The van der Waals surface area contributed by atoms with Gasteiger partial charge in [-0.25, -0.2) is 9.48 Å². The fourth-order valence-corrected chi connectivity index (χ4v) is 10.4. The summed E-state index contributed by atoms with van der Waals surface area (Å²) in [5.41, 5.74) is 9.50. The van der Waals surface area contributed by atoms with Crippen LogP contribution >= 0.6 is 23.2 Å². The molecule has 0 aliphatic carbocycles. The molecule has 0 radical (unpaired) electrons. The number of fused-ring (bicyclic) bond motifs is 4. The number of anilines is 1. The molecule has 1 atom stereocenters. The van der Waals surface area contributed by atoms with Crippen LogP contribution in [0.5, 0.6) is 11.5 Å². The zero-order chi connectivity index (χ0) is 46.5. The average Bonchev–Trinajstić information content (AvgIpc) is 3.90. The van der Waals surface area contributed by atoms with Crippen LogP contribution in [0.25, 0.3) is 32.9 Å². The quantitative estimate of drug-likeness (QED) is 0.0750. The maximum Gasteiger partial charge on any atom is 0.352 e. The lowest BCUT2D eigenvalue weighted by atomic mass is 9.98. The molecular weight excluding hydrogens is 880 g/mol. The number of carboxylic acid groups (broad SMARTS) is 1. The fraction of sp³-hybridized carbons (Fsp3) is 0.360. The summed E-state index contributed by atoms with van der Waals surface area (Å²) in [5.74, 6) is -0.0801. The SMILES string of the molecule is COc1ccc(N2CC(C)n3c(c(CCCOc4cc(C)c(Cl)c(C)c4)c4ccc(Cl)c(-c5c(C)nn(COCC[Si](C)(C)C)c5C)c43)C2=O)c2c1cc(C(=O)O)n2Cc1ccccn1. The van der Waals surface area contributed by atoms with Gasteiger partial charge in [0.2, 0.25) is 0 Å². The number of carboxylic acids is 1. The molecule has 12 nitrogen and oxygen atoms in total. The number of hydrogen-bond donors (Lipinski definition) is 1. The number of aryl methyl sites for hydroxylation is 4. The molecule has 8 rings (SSSR count). The van der Waals surface area contributed by atoms with Gasteiger partial charge in [-0.3, -0.25) is 9.78 Å². The third kappa shape index (κ3) is 8.79. The number of amides is 1. The lowest BCUT2D eigenvalue weighted by Gasteiger charge is -2.35. The van der Waals surface area contributed by atoms with Crippen molar-refractivity contribution in [1.29, 1.82) is 0 Å². The van der Waals surface area contributed by atoms with Crippen LogP contribution in [-0.2, 0) is 24.4 Å². The Morgan fingerprint density at radius 3 is 2.37 bits per heavy atom. The van der Waals surface area contributed by atoms with Gasteiger partial charge in [0, 0.05) is 66.1 Å². The number of hydrogen-bond acceptors (Lipinski definition) is 7. The van der Waals surface area contributed by atoms with Crippen LogP contribution in [0.1, 0.15) is 74.1 Å². The molecule has 1 unspecified atom stereocenters. The third-order valence-electron chi connectivity index (χ3n) is 12.4. The predicted octanol–water partition coefficient (Wildman–Crippen LogP) is 11.7. The van der Waals surface area contributed by atoms with Gasteiger partial charge in [-0.1, -0.05) is 55.0 Å². The summed E-state index contributed by atoms with van der Waals surface area (Å²) in [6.45, 7) is 18.9. The highest BCUT2D eigenvalue weighted by Crippen LogP contribution is 2.46. The van der Waals surface area contributed by atoms with Crippen molar-refractivity contribution in [3.05, 3.63) is 122 Å². The Bertz CT molecular complexity index is 2950. The van der Waals surface area contributed by atoms with Crippen LogP contribution in [0.4, 0.5) is 5.69 Å². The van der Waals surface area contributed by atoms with E-state index in [1.807, 2.05) is 80.9 Å². The molecule has 0 spiro atoms. The van der Waals surface area contributed by atoms with E-state index >= 15 is 4.79 Å². The van der Waals surface area contributed by atoms with Crippen molar-refractivity contribution >= 4 is 70.6 Å². The largest absolute Gasteiger partial charge is 0.496 e. The lowest BCUT2D eigenvalue weighted by Crippen LogP contribution is -2.43. The Balaban J connectivity index is 1.27. The fourth-order valence-electron chi connectivity index (χ4n) is 9.24. The van der Waals surface area contributed by atoms with Crippen LogP contribution in [0.3, 0.4) is 0 Å². The summed E-state index contributed by atoms with van der Waals surface area (Å²) >= 11 is 13.8. The number of aromatic carboxylic acids is 1. The molecule has 65 heavy (non-hydrogen) atoms. The van der Waals surface area contributed by atoms with Gasteiger partial charge in [0.25, 0.3) is 5.91 Å². The van der Waals surface area contributed by atoms with E-state index in [0.29, 0.717) is 78.1 Å². The number of benzene rings is 3. The molecule has 3 aromatic carbocycles. The number of pyridine rings is 1. The van der Waals surface area contributed by atoms with E-state index in [9.17, 15) is 9.90 Å². The van der Waals surface area contributed by atoms with Crippen molar-refractivity contribution in [3.63, 3.8) is 0 Å². The number of carbonyl (C=O) groups is 2. The Hall–Kier alpha value is -5.60. The van der Waals surface area contributed by atoms with E-state index in [4.69, 9.17) is 42.5 Å². The smallest absolute Gasteiger partial charge is 0.352 e. The zero-order valence-corrected chi connectivity index (χ0v) is 41.0. The molecule has 1 aliphatic heterocycles. The van der Waals surface area contributed by atoms with Gasteiger partial charge in [-0.15, -0.1) is 0 Å². The number of aromatic nitrogens is 5. The first-order valence-electron chi connectivity index (χ1n) is 22.0. The van der Waals surface area contributed by atoms with Gasteiger partial charge >= 0.3 is 5.97 Å². The Morgan fingerprint density at radius 2 is 1.69 bits per heavy atom. The van der Waals surface area contributed by atoms with E-state index < -0.39 is 14.0 Å². The van der Waals surface area contributed by atoms with Crippen molar-refractivity contribution in [3.8, 4) is 22.6 Å². The van der Waals surface area contributed by atoms with Gasteiger partial charge < -0.3 is 33.4 Å². The van der Waals surface area contributed by atoms with Crippen LogP contribution in [0.15, 0.2) is 66.9 Å². The third-order valence-corrected chi connectivity index (χ3v) is 15.0. The minimum absolute atomic E-state index is 0.0572. The molecular formula is C50H56Cl2N6O6Si. The van der Waals surface area contributed by atoms with Crippen molar-refractivity contribution in [2.24, 2.45) is 0 Å². The first-order chi connectivity index (χ1) is 31.0. The van der Waals surface area contributed by atoms with Crippen molar-refractivity contribution in [2.45, 2.75) is 92.5 Å². The molecule has 1 amide bonds. The molecule has 1 N–H and O–H groups in total. The normalized spacial score (nSPS) is 14.2. The number of ether oxygens (including phenoxy) is 3. The summed E-state index contributed by atoms with van der Waals surface area (Å²) in [6.07, 6.45) is 2.81. The van der Waals surface area contributed by atoms with E-state index in [0.717, 1.165) is 66.9 Å². The maximum atomic E-state index is 15.6. The second-order valence-corrected chi connectivity index (χ2v) is 24.7. The summed E-state index contributed by atoms with van der Waals surface area (Å²) in [4.78, 5) is 34.8. The van der Waals surface area contributed by atoms with Crippen LogP contribution in [0.2, 0.25) is 35.7 Å². The van der Waals surface area contributed by atoms with E-state index in [1.54, 1.807) is 34.9 Å². The highest BCUT2D eigenvalue weighted by atomic mass is 35.5. The van der Waals surface area contributed by atoms with E-state index in [-0.39, 0.29) is 24.2 Å². The average molecular weight is 936 g/mol. The van der Waals surface area contributed by atoms with Gasteiger partial charge in [0.15, 0.2) is 0 Å². The summed E-state index contributed by atoms with van der Waals surface area (Å²) in [7, 11) is 0.271. The van der Waals surface area contributed by atoms with Gasteiger partial charge in [0.1, 0.15) is 29.6 Å². The molecule has 0 bridgehead atoms. The monoisotopic (exact) mass is 934 g/mol. The summed E-state index contributed by atoms with van der Waals surface area (Å²) in [5, 5.41) is 18.3. The molecule has 15 heteroatoms. The molecule has 0 saturated heterocycles. The molecule has 0 saturated carbocycles. The minimum atomic E-state index is -1.28. The minimum Gasteiger partial charge on any atom is -0.496 e. The second kappa shape index (κ2) is 18.3. The van der Waals surface area contributed by atoms with Gasteiger partial charge in [-0.2, -0.15) is 5.10 Å². The standard InChI is InChI=1S/C50H56Cl2N6O6Si/c1-29-23-35(24-30(2)45(29)52)64-20-12-14-36-37-15-16-39(51)44(43-32(4)54-57(33(43)5)28-63-21-22-65(7,8)9)47(37)58-31(3)26-56(49(59)48(36)58)40-17-18-42(62-6)38-25-41(50(60)61)55(46(38)40)27-34-13-10-11-19-53-34/h10-11,13,15-19,23-25,31H,12,14,20-22,26-28H2,1-9H3,(H,60,61). The molecule has 340 valence electrons. The Labute approximate surface area is 390 Å². The first kappa shape index (κ1) is 45.9. The van der Waals surface area contributed by atoms with Crippen LogP contribution < -0.4 is 14.4 Å². The first-order valence-corrected chi connectivity index (χ1v) is 26.5. The lowest BCUT2D eigenvalue weighted by molar-refractivity contribution is 0.0686. The molecule has 1 aliphatic rings. The van der Waals surface area contributed by atoms with Crippen LogP contribution in [-0.4, -0.2) is 75.8 Å². The summed E-state index contributed by atoms with van der Waals surface area (Å²) in [6, 6.07) is 19.4. The number of nitrogens with zero attached hydrogens (tertiary/aromatic N) is 6. The number of rotatable bonds is 16. The van der Waals surface area contributed by atoms with E-state index in [2.05, 4.69) is 36.1 Å². The summed E-state index contributed by atoms with van der Waals surface area (Å²) < 4.78 is 24.0. The molecule has 0 fully saturated rings. The molecule has 5 heterocycles. The van der Waals surface area contributed by atoms with Crippen LogP contribution in [0, 0.1) is 27.7 Å². The topological polar surface area (TPSA) is 126 Å². The highest BCUT2D eigenvalue weighted by Gasteiger charge is 2.38. The zero-order valence-electron chi connectivity index (χ0n) is 38.5.